The summed E-state index contributed by atoms with van der Waals surface area (Å²) in [5.41, 5.74) is 3.59. The van der Waals surface area contributed by atoms with Crippen LogP contribution in [0.2, 0.25) is 0 Å². The second kappa shape index (κ2) is 12.1. The second-order valence-electron chi connectivity index (χ2n) is 10.1. The van der Waals surface area contributed by atoms with Crippen molar-refractivity contribution in [3.63, 3.8) is 0 Å². The predicted octanol–water partition coefficient (Wildman–Crippen LogP) is 5.11. The fraction of sp³-hybridized carbons (Fsp3) is 0.242. The molecule has 0 saturated carbocycles. The van der Waals surface area contributed by atoms with E-state index in [1.54, 1.807) is 6.20 Å². The Balaban J connectivity index is 1.16. The van der Waals surface area contributed by atoms with Crippen molar-refractivity contribution >= 4 is 16.5 Å². The van der Waals surface area contributed by atoms with E-state index in [0.29, 0.717) is 12.4 Å². The Bertz CT molecular complexity index is 1610. The standard InChI is InChI=1S/C33H33N5O2/c39-33-32(40-21-9-12-26-10-3-1-4-11-26)31(24-35-38(33)30-15-5-2-6-16-30)37-19-17-36(18-20-37)25-29-22-27-13-7-8-14-28(27)23-34-29/h1-8,10-11,13-16,22-24H,9,12,17-21,25H2. The van der Waals surface area contributed by atoms with Gasteiger partial charge in [-0.15, -0.1) is 0 Å². The first-order chi connectivity index (χ1) is 19.7. The van der Waals surface area contributed by atoms with E-state index >= 15 is 0 Å². The van der Waals surface area contributed by atoms with Crippen LogP contribution in [0.25, 0.3) is 16.5 Å². The van der Waals surface area contributed by atoms with Crippen LogP contribution in [0.5, 0.6) is 5.75 Å². The quantitative estimate of drug-likeness (QED) is 0.246. The van der Waals surface area contributed by atoms with Gasteiger partial charge in [0.05, 0.1) is 24.2 Å². The molecule has 0 spiro atoms. The maximum absolute atomic E-state index is 13.6. The molecule has 7 heteroatoms. The number of aromatic nitrogens is 3. The fourth-order valence-corrected chi connectivity index (χ4v) is 5.23. The Labute approximate surface area is 234 Å². The predicted molar refractivity (Wildman–Crippen MR) is 159 cm³/mol. The average Bonchev–Trinajstić information content (AvgIpc) is 3.01. The summed E-state index contributed by atoms with van der Waals surface area (Å²) >= 11 is 0. The SMILES string of the molecule is O=c1c(OCCCc2ccccc2)c(N2CCN(Cc3cc4ccccc4cn3)CC2)cnn1-c1ccccc1. The number of anilines is 1. The number of para-hydroxylation sites is 1. The Morgan fingerprint density at radius 1 is 0.775 bits per heavy atom. The molecular weight excluding hydrogens is 498 g/mol. The van der Waals surface area contributed by atoms with Gasteiger partial charge in [0.1, 0.15) is 5.69 Å². The molecule has 1 saturated heterocycles. The zero-order valence-electron chi connectivity index (χ0n) is 22.5. The zero-order chi connectivity index (χ0) is 27.1. The van der Waals surface area contributed by atoms with Gasteiger partial charge in [0.15, 0.2) is 0 Å². The Morgan fingerprint density at radius 2 is 1.48 bits per heavy atom. The van der Waals surface area contributed by atoms with E-state index in [-0.39, 0.29) is 5.56 Å². The normalized spacial score (nSPS) is 13.9. The van der Waals surface area contributed by atoms with Crippen molar-refractivity contribution in [3.05, 3.63) is 125 Å². The van der Waals surface area contributed by atoms with Crippen molar-refractivity contribution in [1.29, 1.82) is 0 Å². The van der Waals surface area contributed by atoms with Crippen molar-refractivity contribution in [2.75, 3.05) is 37.7 Å². The number of aryl methyl sites for hydroxylation is 1. The lowest BCUT2D eigenvalue weighted by Gasteiger charge is -2.36. The highest BCUT2D eigenvalue weighted by molar-refractivity contribution is 5.81. The molecule has 1 aliphatic heterocycles. The first kappa shape index (κ1) is 25.8. The lowest BCUT2D eigenvalue weighted by molar-refractivity contribution is 0.245. The van der Waals surface area contributed by atoms with Gasteiger partial charge in [-0.3, -0.25) is 14.7 Å². The van der Waals surface area contributed by atoms with Gasteiger partial charge in [0.25, 0.3) is 0 Å². The summed E-state index contributed by atoms with van der Waals surface area (Å²) in [6.45, 7) is 4.56. The van der Waals surface area contributed by atoms with Crippen LogP contribution in [0.3, 0.4) is 0 Å². The molecule has 0 bridgehead atoms. The molecule has 3 heterocycles. The van der Waals surface area contributed by atoms with Crippen LogP contribution in [-0.4, -0.2) is 52.5 Å². The highest BCUT2D eigenvalue weighted by Gasteiger charge is 2.24. The van der Waals surface area contributed by atoms with Gasteiger partial charge in [0.2, 0.25) is 5.75 Å². The summed E-state index contributed by atoms with van der Waals surface area (Å²) in [6, 6.07) is 30.3. The first-order valence-corrected chi connectivity index (χ1v) is 13.9. The van der Waals surface area contributed by atoms with Gasteiger partial charge in [-0.25, -0.2) is 0 Å². The number of rotatable bonds is 9. The van der Waals surface area contributed by atoms with Gasteiger partial charge < -0.3 is 9.64 Å². The molecule has 0 unspecified atom stereocenters. The van der Waals surface area contributed by atoms with E-state index in [1.807, 2.05) is 60.8 Å². The van der Waals surface area contributed by atoms with Crippen LogP contribution in [0.4, 0.5) is 5.69 Å². The van der Waals surface area contributed by atoms with Crippen LogP contribution in [0.1, 0.15) is 17.7 Å². The zero-order valence-corrected chi connectivity index (χ0v) is 22.5. The third kappa shape index (κ3) is 5.90. The third-order valence-corrected chi connectivity index (χ3v) is 7.40. The number of pyridine rings is 1. The number of fused-ring (bicyclic) bond motifs is 1. The Hall–Kier alpha value is -4.49. The monoisotopic (exact) mass is 531 g/mol. The van der Waals surface area contributed by atoms with Gasteiger partial charge >= 0.3 is 5.56 Å². The summed E-state index contributed by atoms with van der Waals surface area (Å²) in [5, 5.41) is 6.91. The van der Waals surface area contributed by atoms with Gasteiger partial charge in [-0.1, -0.05) is 72.8 Å². The van der Waals surface area contributed by atoms with Crippen LogP contribution in [-0.2, 0) is 13.0 Å². The number of hydrogen-bond donors (Lipinski definition) is 0. The molecule has 5 aromatic rings. The molecule has 0 radical (unpaired) electrons. The van der Waals surface area contributed by atoms with Crippen molar-refractivity contribution in [2.24, 2.45) is 0 Å². The summed E-state index contributed by atoms with van der Waals surface area (Å²) in [7, 11) is 0. The van der Waals surface area contributed by atoms with Gasteiger partial charge in [-0.05, 0) is 42.0 Å². The Kier molecular flexibility index (Phi) is 7.82. The number of piperazine rings is 1. The summed E-state index contributed by atoms with van der Waals surface area (Å²) in [6.07, 6.45) is 5.45. The molecule has 3 aromatic carbocycles. The lowest BCUT2D eigenvalue weighted by Crippen LogP contribution is -2.46. The number of hydrogen-bond acceptors (Lipinski definition) is 6. The lowest BCUT2D eigenvalue weighted by atomic mass is 10.1. The molecular formula is C33H33N5O2. The molecule has 1 aliphatic rings. The maximum Gasteiger partial charge on any atom is 0.316 e. The third-order valence-electron chi connectivity index (χ3n) is 7.40. The Morgan fingerprint density at radius 3 is 2.25 bits per heavy atom. The van der Waals surface area contributed by atoms with Crippen LogP contribution in [0.15, 0.2) is 108 Å². The van der Waals surface area contributed by atoms with Crippen molar-refractivity contribution in [1.82, 2.24) is 19.7 Å². The minimum atomic E-state index is -0.230. The van der Waals surface area contributed by atoms with Crippen molar-refractivity contribution < 1.29 is 4.74 Å². The van der Waals surface area contributed by atoms with Crippen LogP contribution < -0.4 is 15.2 Å². The van der Waals surface area contributed by atoms with Crippen molar-refractivity contribution in [2.45, 2.75) is 19.4 Å². The molecule has 202 valence electrons. The second-order valence-corrected chi connectivity index (χ2v) is 10.1. The van der Waals surface area contributed by atoms with E-state index in [0.717, 1.165) is 68.0 Å². The summed E-state index contributed by atoms with van der Waals surface area (Å²) in [5.74, 6) is 0.372. The number of ether oxygens (including phenoxy) is 1. The largest absolute Gasteiger partial charge is 0.486 e. The van der Waals surface area contributed by atoms with Gasteiger partial charge in [-0.2, -0.15) is 9.78 Å². The highest BCUT2D eigenvalue weighted by Crippen LogP contribution is 2.26. The number of benzene rings is 3. The minimum absolute atomic E-state index is 0.230. The topological polar surface area (TPSA) is 63.5 Å². The van der Waals surface area contributed by atoms with Crippen LogP contribution >= 0.6 is 0 Å². The van der Waals surface area contributed by atoms with E-state index in [1.165, 1.54) is 15.6 Å². The molecule has 6 rings (SSSR count). The molecule has 0 aliphatic carbocycles. The molecule has 0 N–H and O–H groups in total. The first-order valence-electron chi connectivity index (χ1n) is 13.9. The molecule has 1 fully saturated rings. The van der Waals surface area contributed by atoms with Crippen LogP contribution in [0, 0.1) is 0 Å². The smallest absolute Gasteiger partial charge is 0.316 e. The molecule has 2 aromatic heterocycles. The number of nitrogens with zero attached hydrogens (tertiary/aromatic N) is 5. The molecule has 40 heavy (non-hydrogen) atoms. The fourth-order valence-electron chi connectivity index (χ4n) is 5.23. The van der Waals surface area contributed by atoms with E-state index < -0.39 is 0 Å². The molecule has 0 atom stereocenters. The molecule has 7 nitrogen and oxygen atoms in total. The average molecular weight is 532 g/mol. The van der Waals surface area contributed by atoms with Crippen molar-refractivity contribution in [3.8, 4) is 11.4 Å². The summed E-state index contributed by atoms with van der Waals surface area (Å²) in [4.78, 5) is 22.9. The van der Waals surface area contributed by atoms with E-state index in [2.05, 4.69) is 56.3 Å². The van der Waals surface area contributed by atoms with E-state index in [4.69, 9.17) is 4.74 Å². The summed E-state index contributed by atoms with van der Waals surface area (Å²) < 4.78 is 7.66. The van der Waals surface area contributed by atoms with Gasteiger partial charge in [0, 0.05) is 44.3 Å². The molecule has 0 amide bonds. The maximum atomic E-state index is 13.6. The van der Waals surface area contributed by atoms with E-state index in [9.17, 15) is 4.79 Å². The minimum Gasteiger partial charge on any atom is -0.486 e. The highest BCUT2D eigenvalue weighted by atomic mass is 16.5.